The van der Waals surface area contributed by atoms with E-state index in [1.165, 1.54) is 10.6 Å². The molecule has 1 aromatic carbocycles. The van der Waals surface area contributed by atoms with Crippen LogP contribution in [0.5, 0.6) is 5.75 Å². The quantitative estimate of drug-likeness (QED) is 0.909. The molecule has 1 amide bonds. The second kappa shape index (κ2) is 6.44. The fraction of sp³-hybridized carbons (Fsp3) is 0.500. The van der Waals surface area contributed by atoms with Crippen LogP contribution in [0.2, 0.25) is 0 Å². The summed E-state index contributed by atoms with van der Waals surface area (Å²) in [7, 11) is -1.66. The number of sulfonamides is 1. The van der Waals surface area contributed by atoms with Crippen molar-refractivity contribution in [3.8, 4) is 5.75 Å². The highest BCUT2D eigenvalue weighted by Gasteiger charge is 2.30. The van der Waals surface area contributed by atoms with Crippen LogP contribution >= 0.6 is 0 Å². The molecule has 0 spiro atoms. The highest BCUT2D eigenvalue weighted by Crippen LogP contribution is 2.21. The largest absolute Gasteiger partial charge is 0.497 e. The number of nitrogens with one attached hydrogen (secondary N) is 1. The van der Waals surface area contributed by atoms with Crippen molar-refractivity contribution in [1.82, 2.24) is 4.31 Å². The first-order valence-electron chi connectivity index (χ1n) is 6.80. The summed E-state index contributed by atoms with van der Waals surface area (Å²) in [5, 5.41) is 2.82. The predicted octanol–water partition coefficient (Wildman–Crippen LogP) is 1.31. The zero-order chi connectivity index (χ0) is 15.5. The van der Waals surface area contributed by atoms with Gasteiger partial charge in [0.2, 0.25) is 15.9 Å². The summed E-state index contributed by atoms with van der Waals surface area (Å²) < 4.78 is 29.6. The normalized spacial score (nSPS) is 20.0. The van der Waals surface area contributed by atoms with Gasteiger partial charge in [0.1, 0.15) is 5.75 Å². The lowest BCUT2D eigenvalue weighted by atomic mass is 9.99. The van der Waals surface area contributed by atoms with Crippen molar-refractivity contribution in [3.05, 3.63) is 24.3 Å². The van der Waals surface area contributed by atoms with E-state index in [1.54, 1.807) is 31.4 Å². The van der Waals surface area contributed by atoms with Crippen molar-refractivity contribution in [1.29, 1.82) is 0 Å². The molecule has 0 saturated carbocycles. The fourth-order valence-electron chi connectivity index (χ4n) is 2.38. The first-order valence-corrected chi connectivity index (χ1v) is 8.65. The molecule has 1 aromatic rings. The minimum Gasteiger partial charge on any atom is -0.497 e. The van der Waals surface area contributed by atoms with Gasteiger partial charge in [-0.3, -0.25) is 4.79 Å². The number of anilines is 1. The molecule has 2 rings (SSSR count). The lowest BCUT2D eigenvalue weighted by Crippen LogP contribution is -2.43. The van der Waals surface area contributed by atoms with Gasteiger partial charge in [0.05, 0.1) is 19.3 Å². The number of nitrogens with zero attached hydrogens (tertiary/aromatic N) is 1. The summed E-state index contributed by atoms with van der Waals surface area (Å²) in [4.78, 5) is 12.2. The Morgan fingerprint density at radius 1 is 1.33 bits per heavy atom. The number of rotatable bonds is 4. The number of piperidine rings is 1. The molecule has 0 aromatic heterocycles. The van der Waals surface area contributed by atoms with Crippen LogP contribution in [0.1, 0.15) is 12.8 Å². The lowest BCUT2D eigenvalue weighted by molar-refractivity contribution is -0.120. The molecule has 0 bridgehead atoms. The van der Waals surface area contributed by atoms with E-state index in [-0.39, 0.29) is 18.4 Å². The Balaban J connectivity index is 1.99. The summed E-state index contributed by atoms with van der Waals surface area (Å²) in [6.07, 6.45) is 2.58. The van der Waals surface area contributed by atoms with Crippen LogP contribution in [-0.4, -0.2) is 45.1 Å². The highest BCUT2D eigenvalue weighted by molar-refractivity contribution is 7.88. The van der Waals surface area contributed by atoms with Crippen molar-refractivity contribution < 1.29 is 17.9 Å². The average Bonchev–Trinajstić information content (AvgIpc) is 2.47. The summed E-state index contributed by atoms with van der Waals surface area (Å²) in [5.74, 6) is 0.262. The first-order chi connectivity index (χ1) is 9.90. The van der Waals surface area contributed by atoms with Crippen LogP contribution < -0.4 is 10.1 Å². The summed E-state index contributed by atoms with van der Waals surface area (Å²) >= 11 is 0. The maximum atomic E-state index is 12.2. The predicted molar refractivity (Wildman–Crippen MR) is 80.8 cm³/mol. The molecular weight excluding hydrogens is 292 g/mol. The van der Waals surface area contributed by atoms with Crippen molar-refractivity contribution in [2.75, 3.05) is 31.8 Å². The van der Waals surface area contributed by atoms with Gasteiger partial charge in [-0.25, -0.2) is 12.7 Å². The molecule has 0 unspecified atom stereocenters. The molecule has 7 heteroatoms. The van der Waals surface area contributed by atoms with E-state index in [1.807, 2.05) is 0 Å². The molecular formula is C14H20N2O4S. The summed E-state index contributed by atoms with van der Waals surface area (Å²) in [5.41, 5.74) is 0.678. The molecule has 6 nitrogen and oxygen atoms in total. The molecule has 0 radical (unpaired) electrons. The molecule has 1 N–H and O–H groups in total. The lowest BCUT2D eigenvalue weighted by Gasteiger charge is -2.30. The monoisotopic (exact) mass is 312 g/mol. The molecule has 0 aliphatic carbocycles. The maximum Gasteiger partial charge on any atom is 0.228 e. The number of amides is 1. The van der Waals surface area contributed by atoms with Gasteiger partial charge in [0.15, 0.2) is 0 Å². The summed E-state index contributed by atoms with van der Waals surface area (Å²) in [6.45, 7) is 0.742. The number of carbonyl (C=O) groups excluding carboxylic acids is 1. The third-order valence-corrected chi connectivity index (χ3v) is 4.85. The van der Waals surface area contributed by atoms with Gasteiger partial charge in [-0.2, -0.15) is 0 Å². The first kappa shape index (κ1) is 15.8. The van der Waals surface area contributed by atoms with Crippen LogP contribution in [0, 0.1) is 5.92 Å². The summed E-state index contributed by atoms with van der Waals surface area (Å²) in [6, 6.07) is 7.04. The third kappa shape index (κ3) is 4.18. The minimum atomic E-state index is -3.24. The number of methoxy groups -OCH3 is 1. The molecule has 1 atom stereocenters. The molecule has 1 aliphatic heterocycles. The van der Waals surface area contributed by atoms with Crippen LogP contribution in [0.25, 0.3) is 0 Å². The van der Waals surface area contributed by atoms with Gasteiger partial charge in [0, 0.05) is 18.8 Å². The molecule has 1 aliphatic rings. The van der Waals surface area contributed by atoms with E-state index in [0.29, 0.717) is 30.8 Å². The average molecular weight is 312 g/mol. The van der Waals surface area contributed by atoms with Crippen LogP contribution in [0.15, 0.2) is 24.3 Å². The van der Waals surface area contributed by atoms with Crippen molar-refractivity contribution in [2.24, 2.45) is 5.92 Å². The fourth-order valence-corrected chi connectivity index (χ4v) is 3.29. The van der Waals surface area contributed by atoms with Gasteiger partial charge in [-0.05, 0) is 37.1 Å². The van der Waals surface area contributed by atoms with E-state index in [4.69, 9.17) is 4.74 Å². The van der Waals surface area contributed by atoms with Crippen LogP contribution in [0.4, 0.5) is 5.69 Å². The van der Waals surface area contributed by atoms with E-state index in [0.717, 1.165) is 0 Å². The second-order valence-electron chi connectivity index (χ2n) is 5.18. The van der Waals surface area contributed by atoms with Crippen molar-refractivity contribution >= 4 is 21.6 Å². The zero-order valence-corrected chi connectivity index (χ0v) is 13.0. The Morgan fingerprint density at radius 3 is 2.57 bits per heavy atom. The molecule has 1 saturated heterocycles. The Labute approximate surface area is 125 Å². The smallest absolute Gasteiger partial charge is 0.228 e. The molecule has 21 heavy (non-hydrogen) atoms. The Hall–Kier alpha value is -1.60. The van der Waals surface area contributed by atoms with Gasteiger partial charge >= 0.3 is 0 Å². The zero-order valence-electron chi connectivity index (χ0n) is 12.2. The Morgan fingerprint density at radius 2 is 2.00 bits per heavy atom. The number of hydrogen-bond donors (Lipinski definition) is 1. The van der Waals surface area contributed by atoms with Crippen molar-refractivity contribution in [3.63, 3.8) is 0 Å². The maximum absolute atomic E-state index is 12.2. The Kier molecular flexibility index (Phi) is 4.84. The molecule has 116 valence electrons. The Bertz CT molecular complexity index is 598. The topological polar surface area (TPSA) is 75.7 Å². The number of hydrogen-bond acceptors (Lipinski definition) is 4. The van der Waals surface area contributed by atoms with Gasteiger partial charge < -0.3 is 10.1 Å². The minimum absolute atomic E-state index is 0.145. The standard InChI is InChI=1S/C14H20N2O4S/c1-20-13-7-5-12(6-8-13)15-14(17)11-4-3-9-16(10-11)21(2,18)19/h5-8,11H,3-4,9-10H2,1-2H3,(H,15,17)/t11-/m0/s1. The van der Waals surface area contributed by atoms with Gasteiger partial charge in [0.25, 0.3) is 0 Å². The van der Waals surface area contributed by atoms with Crippen molar-refractivity contribution in [2.45, 2.75) is 12.8 Å². The molecule has 1 heterocycles. The van der Waals surface area contributed by atoms with E-state index in [9.17, 15) is 13.2 Å². The second-order valence-corrected chi connectivity index (χ2v) is 7.16. The third-order valence-electron chi connectivity index (χ3n) is 3.58. The number of carbonyl (C=O) groups is 1. The van der Waals surface area contributed by atoms with Crippen LogP contribution in [-0.2, 0) is 14.8 Å². The SMILES string of the molecule is COc1ccc(NC(=O)[C@H]2CCCN(S(C)(=O)=O)C2)cc1. The van der Waals surface area contributed by atoms with E-state index >= 15 is 0 Å². The van der Waals surface area contributed by atoms with Gasteiger partial charge in [-0.15, -0.1) is 0 Å². The number of benzene rings is 1. The number of ether oxygens (including phenoxy) is 1. The molecule has 1 fully saturated rings. The highest BCUT2D eigenvalue weighted by atomic mass is 32.2. The van der Waals surface area contributed by atoms with Gasteiger partial charge in [-0.1, -0.05) is 0 Å². The van der Waals surface area contributed by atoms with E-state index < -0.39 is 10.0 Å². The van der Waals surface area contributed by atoms with E-state index in [2.05, 4.69) is 5.32 Å². The van der Waals surface area contributed by atoms with Crippen LogP contribution in [0.3, 0.4) is 0 Å².